The molecule has 0 fully saturated rings. The predicted molar refractivity (Wildman–Crippen MR) is 41.4 cm³/mol. The molecule has 0 bridgehead atoms. The van der Waals surface area contributed by atoms with Crippen LogP contribution in [0.15, 0.2) is 18.5 Å². The van der Waals surface area contributed by atoms with E-state index in [1.807, 2.05) is 0 Å². The van der Waals surface area contributed by atoms with Crippen molar-refractivity contribution in [3.8, 4) is 0 Å². The molecular weight excluding hydrogens is 159 g/mol. The Bertz CT molecular complexity index is 436. The van der Waals surface area contributed by atoms with Crippen molar-refractivity contribution in [1.29, 1.82) is 0 Å². The zero-order valence-electron chi connectivity index (χ0n) is 6.04. The Kier molecular flexibility index (Phi) is 1.40. The summed E-state index contributed by atoms with van der Waals surface area (Å²) in [4.78, 5) is 17.1. The van der Waals surface area contributed by atoms with Crippen molar-refractivity contribution in [2.75, 3.05) is 0 Å². The number of aromatic amines is 1. The van der Waals surface area contributed by atoms with Crippen LogP contribution >= 0.6 is 0 Å². The molecule has 0 radical (unpaired) electrons. The molecule has 1 heterocycles. The van der Waals surface area contributed by atoms with E-state index in [1.54, 1.807) is 6.07 Å². The van der Waals surface area contributed by atoms with Gasteiger partial charge in [-0.3, -0.25) is 4.79 Å². The lowest BCUT2D eigenvalue weighted by atomic mass is 10.2. The molecule has 0 unspecified atom stereocenters. The zero-order chi connectivity index (χ0) is 8.55. The van der Waals surface area contributed by atoms with Crippen LogP contribution in [-0.4, -0.2) is 16.3 Å². The minimum atomic E-state index is -0.537. The molecule has 0 aliphatic heterocycles. The first-order valence-corrected chi connectivity index (χ1v) is 3.39. The summed E-state index contributed by atoms with van der Waals surface area (Å²) in [7, 11) is 0. The van der Waals surface area contributed by atoms with Gasteiger partial charge < -0.3 is 4.98 Å². The average molecular weight is 164 g/mol. The average Bonchev–Trinajstić information content (AvgIpc) is 2.52. The number of imidazole rings is 1. The first-order chi connectivity index (χ1) is 5.83. The highest BCUT2D eigenvalue weighted by atomic mass is 19.1. The summed E-state index contributed by atoms with van der Waals surface area (Å²) in [6.07, 6.45) is 1.90. The number of benzene rings is 1. The summed E-state index contributed by atoms with van der Waals surface area (Å²) >= 11 is 0. The number of aldehydes is 1. The molecule has 2 aromatic rings. The number of carbonyl (C=O) groups is 1. The molecule has 1 N–H and O–H groups in total. The van der Waals surface area contributed by atoms with Gasteiger partial charge in [0.1, 0.15) is 11.3 Å². The van der Waals surface area contributed by atoms with Gasteiger partial charge in [0, 0.05) is 0 Å². The van der Waals surface area contributed by atoms with Crippen molar-refractivity contribution in [2.45, 2.75) is 0 Å². The first kappa shape index (κ1) is 6.97. The number of aromatic nitrogens is 2. The van der Waals surface area contributed by atoms with Crippen LogP contribution in [-0.2, 0) is 0 Å². The Morgan fingerprint density at radius 1 is 1.50 bits per heavy atom. The van der Waals surface area contributed by atoms with Gasteiger partial charge in [0.2, 0.25) is 0 Å². The fraction of sp³-hybridized carbons (Fsp3) is 0. The molecule has 0 spiro atoms. The minimum absolute atomic E-state index is 0.00810. The Hall–Kier alpha value is -1.71. The highest BCUT2D eigenvalue weighted by molar-refractivity contribution is 5.94. The van der Waals surface area contributed by atoms with E-state index in [4.69, 9.17) is 0 Å². The van der Waals surface area contributed by atoms with Crippen molar-refractivity contribution < 1.29 is 9.18 Å². The molecule has 0 saturated carbocycles. The largest absolute Gasteiger partial charge is 0.345 e. The van der Waals surface area contributed by atoms with Crippen LogP contribution in [0.1, 0.15) is 10.4 Å². The summed E-state index contributed by atoms with van der Waals surface area (Å²) in [5.41, 5.74) is 1.05. The van der Waals surface area contributed by atoms with E-state index in [0.717, 1.165) is 0 Å². The van der Waals surface area contributed by atoms with Crippen LogP contribution in [0, 0.1) is 5.82 Å². The molecule has 1 aromatic carbocycles. The number of carbonyl (C=O) groups excluding carboxylic acids is 1. The fourth-order valence-electron chi connectivity index (χ4n) is 1.12. The fourth-order valence-corrected chi connectivity index (χ4v) is 1.12. The Morgan fingerprint density at radius 2 is 2.33 bits per heavy atom. The van der Waals surface area contributed by atoms with Crippen molar-refractivity contribution in [3.05, 3.63) is 29.8 Å². The molecule has 4 heteroatoms. The summed E-state index contributed by atoms with van der Waals surface area (Å²) in [5.74, 6) is -0.537. The molecule has 0 atom stereocenters. The summed E-state index contributed by atoms with van der Waals surface area (Å²) in [6.45, 7) is 0. The summed E-state index contributed by atoms with van der Waals surface area (Å²) < 4.78 is 12.9. The SMILES string of the molecule is O=Cc1c(F)ccc2[nH]cnc12. The predicted octanol–water partition coefficient (Wildman–Crippen LogP) is 1.51. The summed E-state index contributed by atoms with van der Waals surface area (Å²) in [6, 6.07) is 2.79. The van der Waals surface area contributed by atoms with Gasteiger partial charge in [0.15, 0.2) is 6.29 Å². The molecule has 0 aliphatic carbocycles. The van der Waals surface area contributed by atoms with Crippen LogP contribution in [0.3, 0.4) is 0 Å². The van der Waals surface area contributed by atoms with Crippen molar-refractivity contribution >= 4 is 17.3 Å². The van der Waals surface area contributed by atoms with Crippen LogP contribution in [0.5, 0.6) is 0 Å². The van der Waals surface area contributed by atoms with Crippen molar-refractivity contribution in [1.82, 2.24) is 9.97 Å². The third kappa shape index (κ3) is 0.812. The Balaban J connectivity index is 2.91. The van der Waals surface area contributed by atoms with Gasteiger partial charge in [-0.25, -0.2) is 9.37 Å². The number of halogens is 1. The van der Waals surface area contributed by atoms with E-state index in [1.165, 1.54) is 12.4 Å². The third-order valence-electron chi connectivity index (χ3n) is 1.70. The number of fused-ring (bicyclic) bond motifs is 1. The monoisotopic (exact) mass is 164 g/mol. The number of H-pyrrole nitrogens is 1. The Labute approximate surface area is 67.2 Å². The molecule has 0 amide bonds. The highest BCUT2D eigenvalue weighted by Crippen LogP contribution is 2.15. The standard InChI is InChI=1S/C8H5FN2O/c9-6-1-2-7-8(5(6)3-12)11-4-10-7/h1-4H,(H,10,11). The van der Waals surface area contributed by atoms with E-state index in [0.29, 0.717) is 17.3 Å². The first-order valence-electron chi connectivity index (χ1n) is 3.39. The van der Waals surface area contributed by atoms with Crippen LogP contribution in [0.4, 0.5) is 4.39 Å². The van der Waals surface area contributed by atoms with Gasteiger partial charge >= 0.3 is 0 Å². The topological polar surface area (TPSA) is 45.8 Å². The second kappa shape index (κ2) is 2.41. The third-order valence-corrected chi connectivity index (χ3v) is 1.70. The maximum absolute atomic E-state index is 12.9. The number of hydrogen-bond donors (Lipinski definition) is 1. The quantitative estimate of drug-likeness (QED) is 0.649. The molecule has 3 nitrogen and oxygen atoms in total. The van der Waals surface area contributed by atoms with E-state index < -0.39 is 5.82 Å². The molecule has 0 aliphatic rings. The molecule has 12 heavy (non-hydrogen) atoms. The van der Waals surface area contributed by atoms with E-state index in [-0.39, 0.29) is 5.56 Å². The normalized spacial score (nSPS) is 10.4. The van der Waals surface area contributed by atoms with Crippen LogP contribution in [0.2, 0.25) is 0 Å². The van der Waals surface area contributed by atoms with E-state index in [2.05, 4.69) is 9.97 Å². The maximum Gasteiger partial charge on any atom is 0.155 e. The molecule has 60 valence electrons. The van der Waals surface area contributed by atoms with Crippen LogP contribution in [0.25, 0.3) is 11.0 Å². The molecule has 0 saturated heterocycles. The minimum Gasteiger partial charge on any atom is -0.345 e. The number of nitrogens with one attached hydrogen (secondary N) is 1. The van der Waals surface area contributed by atoms with Gasteiger partial charge in [0.25, 0.3) is 0 Å². The smallest absolute Gasteiger partial charge is 0.155 e. The lowest BCUT2D eigenvalue weighted by Gasteiger charge is -1.93. The second-order valence-corrected chi connectivity index (χ2v) is 2.38. The lowest BCUT2D eigenvalue weighted by molar-refractivity contribution is 0.112. The van der Waals surface area contributed by atoms with Gasteiger partial charge in [-0.15, -0.1) is 0 Å². The number of nitrogens with zero attached hydrogens (tertiary/aromatic N) is 1. The lowest BCUT2D eigenvalue weighted by Crippen LogP contribution is -1.88. The zero-order valence-corrected chi connectivity index (χ0v) is 6.04. The molecular formula is C8H5FN2O. The second-order valence-electron chi connectivity index (χ2n) is 2.38. The maximum atomic E-state index is 12.9. The van der Waals surface area contributed by atoms with Gasteiger partial charge in [0.05, 0.1) is 17.4 Å². The van der Waals surface area contributed by atoms with E-state index >= 15 is 0 Å². The van der Waals surface area contributed by atoms with Gasteiger partial charge in [-0.1, -0.05) is 0 Å². The highest BCUT2D eigenvalue weighted by Gasteiger charge is 2.07. The summed E-state index contributed by atoms with van der Waals surface area (Å²) in [5, 5.41) is 0. The van der Waals surface area contributed by atoms with Crippen molar-refractivity contribution in [2.24, 2.45) is 0 Å². The number of hydrogen-bond acceptors (Lipinski definition) is 2. The molecule has 2 rings (SSSR count). The van der Waals surface area contributed by atoms with Gasteiger partial charge in [-0.05, 0) is 12.1 Å². The van der Waals surface area contributed by atoms with E-state index in [9.17, 15) is 9.18 Å². The Morgan fingerprint density at radius 3 is 3.08 bits per heavy atom. The van der Waals surface area contributed by atoms with Gasteiger partial charge in [-0.2, -0.15) is 0 Å². The number of rotatable bonds is 1. The van der Waals surface area contributed by atoms with Crippen molar-refractivity contribution in [3.63, 3.8) is 0 Å². The van der Waals surface area contributed by atoms with Crippen LogP contribution < -0.4 is 0 Å². The molecule has 1 aromatic heterocycles.